The molecule has 0 aromatic carbocycles. The average Bonchev–Trinajstić information content (AvgIpc) is 2.75. The largest absolute Gasteiger partial charge is 0.488 e. The number of ether oxygens (including phenoxy) is 2. The molecule has 0 amide bonds. The molecule has 0 radical (unpaired) electrons. The molecule has 0 atom stereocenters. The van der Waals surface area contributed by atoms with E-state index in [4.69, 9.17) is 14.5 Å². The van der Waals surface area contributed by atoms with E-state index in [0.29, 0.717) is 18.9 Å². The van der Waals surface area contributed by atoms with E-state index in [9.17, 15) is 0 Å². The molecule has 4 heteroatoms. The highest BCUT2D eigenvalue weighted by Crippen LogP contribution is 2.17. The van der Waals surface area contributed by atoms with Gasteiger partial charge in [-0.15, -0.1) is 0 Å². The molecule has 0 aromatic rings. The van der Waals surface area contributed by atoms with Crippen molar-refractivity contribution < 1.29 is 9.47 Å². The Morgan fingerprint density at radius 3 is 2.71 bits per heavy atom. The third kappa shape index (κ3) is 8.12. The molecule has 0 saturated carbocycles. The molecule has 0 unspecified atom stereocenters. The van der Waals surface area contributed by atoms with Crippen LogP contribution in [-0.4, -0.2) is 25.9 Å². The Bertz CT molecular complexity index is 745. The van der Waals surface area contributed by atoms with Crippen molar-refractivity contribution in [1.29, 1.82) is 0 Å². The summed E-state index contributed by atoms with van der Waals surface area (Å²) < 4.78 is 11.4. The predicted molar refractivity (Wildman–Crippen MR) is 120 cm³/mol. The number of aliphatic imine (C=N–C) groups is 1. The third-order valence-corrected chi connectivity index (χ3v) is 3.86. The van der Waals surface area contributed by atoms with Gasteiger partial charge in [0.05, 0.1) is 19.4 Å². The first-order chi connectivity index (χ1) is 13.7. The predicted octanol–water partition coefficient (Wildman–Crippen LogP) is 5.53. The number of allylic oxidation sites excluding steroid dienone is 10. The maximum Gasteiger partial charge on any atom is 0.180 e. The molecule has 28 heavy (non-hydrogen) atoms. The summed E-state index contributed by atoms with van der Waals surface area (Å²) in [5.41, 5.74) is 3.66. The Labute approximate surface area is 169 Å². The molecule has 1 N–H and O–H groups in total. The fraction of sp³-hybridized carbons (Fsp3) is 0.292. The quantitative estimate of drug-likeness (QED) is 0.563. The van der Waals surface area contributed by atoms with E-state index < -0.39 is 0 Å². The van der Waals surface area contributed by atoms with Gasteiger partial charge in [-0.1, -0.05) is 62.1 Å². The molecule has 0 spiro atoms. The lowest BCUT2D eigenvalue weighted by atomic mass is 10.1. The molecule has 1 aliphatic heterocycles. The minimum Gasteiger partial charge on any atom is -0.488 e. The molecule has 0 aromatic heterocycles. The first-order valence-electron chi connectivity index (χ1n) is 9.58. The van der Waals surface area contributed by atoms with Gasteiger partial charge < -0.3 is 14.8 Å². The molecule has 0 fully saturated rings. The van der Waals surface area contributed by atoms with Crippen LogP contribution in [0.15, 0.2) is 101 Å². The van der Waals surface area contributed by atoms with Gasteiger partial charge in [-0.05, 0) is 31.9 Å². The zero-order valence-corrected chi connectivity index (χ0v) is 17.4. The Kier molecular flexibility index (Phi) is 11.6. The van der Waals surface area contributed by atoms with Crippen LogP contribution in [0, 0.1) is 0 Å². The minimum absolute atomic E-state index is 0.483. The lowest BCUT2D eigenvalue weighted by molar-refractivity contribution is 0.232. The topological polar surface area (TPSA) is 42.9 Å². The lowest BCUT2D eigenvalue weighted by Crippen LogP contribution is -2.16. The zero-order valence-electron chi connectivity index (χ0n) is 17.4. The second-order valence-electron chi connectivity index (χ2n) is 5.86. The van der Waals surface area contributed by atoms with Gasteiger partial charge in [-0.25, -0.2) is 0 Å². The molecule has 0 aliphatic carbocycles. The summed E-state index contributed by atoms with van der Waals surface area (Å²) in [5, 5.41) is 3.21. The number of nitrogens with one attached hydrogen (secondary N) is 1. The highest BCUT2D eigenvalue weighted by molar-refractivity contribution is 6.13. The molecule has 1 heterocycles. The van der Waals surface area contributed by atoms with Crippen molar-refractivity contribution in [1.82, 2.24) is 5.32 Å². The van der Waals surface area contributed by atoms with Crippen molar-refractivity contribution in [3.8, 4) is 0 Å². The van der Waals surface area contributed by atoms with Crippen molar-refractivity contribution in [2.24, 2.45) is 4.99 Å². The second kappa shape index (κ2) is 14.1. The number of nitrogens with zero attached hydrogens (tertiary/aromatic N) is 1. The third-order valence-electron chi connectivity index (χ3n) is 3.86. The molecular weight excluding hydrogens is 348 g/mol. The first-order valence-corrected chi connectivity index (χ1v) is 9.58. The fourth-order valence-corrected chi connectivity index (χ4v) is 2.28. The standard InChI is InChI=1S/C24H32N2O2/c1-6-9-12-15-21(7-2)18-26-24-22(20(4)25-5)16-13-10-11-14-17-27-19-23(24)28-8-3/h7,9-17,19,25H,2,6,8,18H2,1,3-5H3/b11-10+,12-9-,16-13+,17-14-,21-15+,22-20+,23-19+,26-24?. The van der Waals surface area contributed by atoms with Crippen LogP contribution in [-0.2, 0) is 9.47 Å². The van der Waals surface area contributed by atoms with Crippen LogP contribution in [0.4, 0.5) is 0 Å². The molecule has 4 nitrogen and oxygen atoms in total. The smallest absolute Gasteiger partial charge is 0.180 e. The van der Waals surface area contributed by atoms with E-state index in [0.717, 1.165) is 29.0 Å². The molecule has 0 bridgehead atoms. The Balaban J connectivity index is 3.47. The van der Waals surface area contributed by atoms with Crippen LogP contribution in [0.25, 0.3) is 0 Å². The van der Waals surface area contributed by atoms with Crippen LogP contribution in [0.5, 0.6) is 0 Å². The molecule has 1 rings (SSSR count). The van der Waals surface area contributed by atoms with Crippen molar-refractivity contribution in [3.05, 3.63) is 96.4 Å². The summed E-state index contributed by atoms with van der Waals surface area (Å²) in [6.45, 7) is 10.9. The van der Waals surface area contributed by atoms with Crippen LogP contribution < -0.4 is 5.32 Å². The van der Waals surface area contributed by atoms with Gasteiger partial charge in [-0.3, -0.25) is 4.99 Å². The van der Waals surface area contributed by atoms with E-state index in [-0.39, 0.29) is 0 Å². The van der Waals surface area contributed by atoms with E-state index >= 15 is 0 Å². The van der Waals surface area contributed by atoms with Crippen LogP contribution >= 0.6 is 0 Å². The SMILES string of the molecule is C=C/C(=C\C=C/CC)CN=C1/C(OCC)=C\O\C=C/C=C/C=C/C1=C(/C)NC. The number of hydrogen-bond acceptors (Lipinski definition) is 4. The average molecular weight is 381 g/mol. The summed E-state index contributed by atoms with van der Waals surface area (Å²) in [6.07, 6.45) is 21.8. The lowest BCUT2D eigenvalue weighted by Gasteiger charge is -2.15. The van der Waals surface area contributed by atoms with E-state index in [1.165, 1.54) is 0 Å². The monoisotopic (exact) mass is 380 g/mol. The van der Waals surface area contributed by atoms with Gasteiger partial charge >= 0.3 is 0 Å². The van der Waals surface area contributed by atoms with Crippen molar-refractivity contribution >= 4 is 5.71 Å². The first kappa shape index (κ1) is 23.0. The van der Waals surface area contributed by atoms with Gasteiger partial charge in [0, 0.05) is 18.3 Å². The number of rotatable bonds is 8. The molecule has 1 aliphatic rings. The molecular formula is C24H32N2O2. The highest BCUT2D eigenvalue weighted by atomic mass is 16.5. The minimum atomic E-state index is 0.483. The Morgan fingerprint density at radius 1 is 1.25 bits per heavy atom. The fourth-order valence-electron chi connectivity index (χ4n) is 2.28. The highest BCUT2D eigenvalue weighted by Gasteiger charge is 2.16. The van der Waals surface area contributed by atoms with Gasteiger partial charge in [0.1, 0.15) is 12.0 Å². The maximum atomic E-state index is 5.85. The zero-order chi connectivity index (χ0) is 20.6. The Morgan fingerprint density at radius 2 is 2.04 bits per heavy atom. The van der Waals surface area contributed by atoms with Crippen LogP contribution in [0.3, 0.4) is 0 Å². The normalized spacial score (nSPS) is 23.8. The summed E-state index contributed by atoms with van der Waals surface area (Å²) in [5.74, 6) is 0.579. The molecule has 0 saturated heterocycles. The van der Waals surface area contributed by atoms with Crippen molar-refractivity contribution in [2.75, 3.05) is 20.2 Å². The Hall–Kier alpha value is -3.01. The van der Waals surface area contributed by atoms with Crippen LogP contribution in [0.1, 0.15) is 27.2 Å². The second-order valence-corrected chi connectivity index (χ2v) is 5.86. The van der Waals surface area contributed by atoms with Crippen LogP contribution in [0.2, 0.25) is 0 Å². The van der Waals surface area contributed by atoms with E-state index in [1.807, 2.05) is 69.5 Å². The summed E-state index contributed by atoms with van der Waals surface area (Å²) in [6, 6.07) is 0. The number of hydrogen-bond donors (Lipinski definition) is 1. The van der Waals surface area contributed by atoms with Gasteiger partial charge in [0.2, 0.25) is 0 Å². The van der Waals surface area contributed by atoms with E-state index in [1.54, 1.807) is 12.5 Å². The molecule has 150 valence electrons. The van der Waals surface area contributed by atoms with Crippen molar-refractivity contribution in [3.63, 3.8) is 0 Å². The van der Waals surface area contributed by atoms with E-state index in [2.05, 4.69) is 24.9 Å². The van der Waals surface area contributed by atoms with Gasteiger partial charge in [-0.2, -0.15) is 0 Å². The van der Waals surface area contributed by atoms with Crippen molar-refractivity contribution in [2.45, 2.75) is 27.2 Å². The maximum absolute atomic E-state index is 5.85. The summed E-state index contributed by atoms with van der Waals surface area (Å²) in [4.78, 5) is 4.86. The van der Waals surface area contributed by atoms with Gasteiger partial charge in [0.25, 0.3) is 0 Å². The summed E-state index contributed by atoms with van der Waals surface area (Å²) in [7, 11) is 1.89. The summed E-state index contributed by atoms with van der Waals surface area (Å²) >= 11 is 0. The van der Waals surface area contributed by atoms with Gasteiger partial charge in [0.15, 0.2) is 5.76 Å².